The molecule has 3 N–H and O–H groups in total. The summed E-state index contributed by atoms with van der Waals surface area (Å²) in [7, 11) is 1.55. The molecule has 2 aromatic carbocycles. The van der Waals surface area contributed by atoms with Crippen LogP contribution >= 0.6 is 0 Å². The number of phenols is 2. The van der Waals surface area contributed by atoms with Gasteiger partial charge in [-0.25, -0.2) is 0 Å². The maximum absolute atomic E-state index is 13.2. The molecule has 0 bridgehead atoms. The summed E-state index contributed by atoms with van der Waals surface area (Å²) in [6, 6.07) is 7.97. The van der Waals surface area contributed by atoms with Crippen molar-refractivity contribution in [1.29, 1.82) is 0 Å². The van der Waals surface area contributed by atoms with Crippen LogP contribution in [0.25, 0.3) is 22.3 Å². The van der Waals surface area contributed by atoms with Gasteiger partial charge < -0.3 is 29.2 Å². The number of ether oxygens (including phenoxy) is 2. The van der Waals surface area contributed by atoms with E-state index in [1.54, 1.807) is 38.3 Å². The fourth-order valence-electron chi connectivity index (χ4n) is 3.22. The first kappa shape index (κ1) is 21.5. The zero-order chi connectivity index (χ0) is 22.0. The second-order valence-corrected chi connectivity index (χ2v) is 7.36. The Morgan fingerprint density at radius 2 is 1.77 bits per heavy atom. The topological polar surface area (TPSA) is 109 Å². The average Bonchev–Trinajstić information content (AvgIpc) is 2.72. The third-order valence-corrected chi connectivity index (χ3v) is 5.01. The summed E-state index contributed by atoms with van der Waals surface area (Å²) in [5, 5.41) is 31.1. The van der Waals surface area contributed by atoms with Gasteiger partial charge in [-0.2, -0.15) is 0 Å². The van der Waals surface area contributed by atoms with E-state index in [0.29, 0.717) is 11.3 Å². The number of fused-ring (bicyclic) bond motifs is 1. The quantitative estimate of drug-likeness (QED) is 0.539. The van der Waals surface area contributed by atoms with Crippen molar-refractivity contribution in [2.45, 2.75) is 33.3 Å². The summed E-state index contributed by atoms with van der Waals surface area (Å²) in [6.45, 7) is 5.65. The lowest BCUT2D eigenvalue weighted by Gasteiger charge is -2.18. The van der Waals surface area contributed by atoms with Crippen LogP contribution in [0.15, 0.2) is 39.5 Å². The Hall–Kier alpha value is -3.19. The number of rotatable bonds is 7. The van der Waals surface area contributed by atoms with Crippen LogP contribution in [-0.2, 0) is 6.42 Å². The zero-order valence-electron chi connectivity index (χ0n) is 17.4. The van der Waals surface area contributed by atoms with Gasteiger partial charge in [0.1, 0.15) is 28.2 Å². The zero-order valence-corrected chi connectivity index (χ0v) is 17.4. The SMILES string of the molecule is CCOc1c(-c2ccc(OC)cc2)oc2c(CC(O)C(C)C)c(O)cc(O)c2c1=O. The minimum Gasteiger partial charge on any atom is -0.507 e. The fraction of sp³-hybridized carbons (Fsp3) is 0.348. The van der Waals surface area contributed by atoms with Crippen LogP contribution in [0, 0.1) is 5.92 Å². The van der Waals surface area contributed by atoms with E-state index in [-0.39, 0.29) is 52.7 Å². The van der Waals surface area contributed by atoms with E-state index in [1.165, 1.54) is 0 Å². The molecule has 1 heterocycles. The van der Waals surface area contributed by atoms with Crippen molar-refractivity contribution < 1.29 is 29.2 Å². The Morgan fingerprint density at radius 3 is 2.33 bits per heavy atom. The lowest BCUT2D eigenvalue weighted by molar-refractivity contribution is 0.125. The highest BCUT2D eigenvalue weighted by Gasteiger charge is 2.25. The molecule has 7 heteroatoms. The number of benzene rings is 2. The standard InChI is InChI=1S/C23H26O7/c1-5-29-23-20(27)19-18(26)11-17(25)15(10-16(24)12(2)3)22(19)30-21(23)13-6-8-14(28-4)9-7-13/h6-9,11-12,16,24-26H,5,10H2,1-4H3. The number of aromatic hydroxyl groups is 2. The van der Waals surface area contributed by atoms with Crippen LogP contribution in [0.3, 0.4) is 0 Å². The highest BCUT2D eigenvalue weighted by atomic mass is 16.5. The number of hydrogen-bond acceptors (Lipinski definition) is 7. The van der Waals surface area contributed by atoms with Crippen molar-refractivity contribution in [1.82, 2.24) is 0 Å². The molecule has 3 rings (SSSR count). The van der Waals surface area contributed by atoms with E-state index in [2.05, 4.69) is 0 Å². The summed E-state index contributed by atoms with van der Waals surface area (Å²) >= 11 is 0. The van der Waals surface area contributed by atoms with Crippen molar-refractivity contribution in [3.05, 3.63) is 46.1 Å². The van der Waals surface area contributed by atoms with E-state index in [9.17, 15) is 20.1 Å². The normalized spacial score (nSPS) is 12.3. The predicted octanol–water partition coefficient (Wildman–Crippen LogP) is 3.84. The molecule has 1 aromatic heterocycles. The molecule has 0 aliphatic carbocycles. The van der Waals surface area contributed by atoms with Gasteiger partial charge >= 0.3 is 0 Å². The molecular weight excluding hydrogens is 388 g/mol. The Morgan fingerprint density at radius 1 is 1.10 bits per heavy atom. The maximum atomic E-state index is 13.2. The van der Waals surface area contributed by atoms with Gasteiger partial charge in [-0.1, -0.05) is 13.8 Å². The van der Waals surface area contributed by atoms with Gasteiger partial charge in [0.2, 0.25) is 11.2 Å². The lowest BCUT2D eigenvalue weighted by Crippen LogP contribution is -2.18. The molecule has 0 aliphatic rings. The number of aliphatic hydroxyl groups excluding tert-OH is 1. The Balaban J connectivity index is 2.34. The van der Waals surface area contributed by atoms with E-state index >= 15 is 0 Å². The molecule has 0 aliphatic heterocycles. The lowest BCUT2D eigenvalue weighted by atomic mass is 9.96. The van der Waals surface area contributed by atoms with Crippen molar-refractivity contribution in [2.24, 2.45) is 5.92 Å². The monoisotopic (exact) mass is 414 g/mol. The minimum atomic E-state index is -0.773. The molecule has 160 valence electrons. The fourth-order valence-corrected chi connectivity index (χ4v) is 3.22. The Bertz CT molecular complexity index is 1100. The second kappa shape index (κ2) is 8.67. The minimum absolute atomic E-state index is 0.0199. The van der Waals surface area contributed by atoms with E-state index < -0.39 is 17.3 Å². The van der Waals surface area contributed by atoms with Crippen LogP contribution < -0.4 is 14.9 Å². The maximum Gasteiger partial charge on any atom is 0.239 e. The third kappa shape index (κ3) is 3.93. The molecule has 7 nitrogen and oxygen atoms in total. The number of aliphatic hydroxyl groups is 1. The van der Waals surface area contributed by atoms with Gasteiger partial charge in [0.05, 0.1) is 19.8 Å². The molecule has 0 spiro atoms. The van der Waals surface area contributed by atoms with Crippen LogP contribution in [0.5, 0.6) is 23.0 Å². The van der Waals surface area contributed by atoms with Crippen molar-refractivity contribution in [3.63, 3.8) is 0 Å². The highest BCUT2D eigenvalue weighted by Crippen LogP contribution is 2.39. The third-order valence-electron chi connectivity index (χ3n) is 5.01. The van der Waals surface area contributed by atoms with Crippen molar-refractivity contribution in [2.75, 3.05) is 13.7 Å². The molecule has 1 atom stereocenters. The number of hydrogen-bond donors (Lipinski definition) is 3. The molecule has 0 saturated carbocycles. The van der Waals surface area contributed by atoms with Gasteiger partial charge in [0.25, 0.3) is 0 Å². The van der Waals surface area contributed by atoms with Crippen molar-refractivity contribution in [3.8, 4) is 34.3 Å². The van der Waals surface area contributed by atoms with E-state index in [0.717, 1.165) is 6.07 Å². The molecule has 3 aromatic rings. The summed E-state index contributed by atoms with van der Waals surface area (Å²) in [4.78, 5) is 13.2. The largest absolute Gasteiger partial charge is 0.507 e. The average molecular weight is 414 g/mol. The molecule has 0 radical (unpaired) electrons. The molecule has 0 fully saturated rings. The highest BCUT2D eigenvalue weighted by molar-refractivity contribution is 5.91. The van der Waals surface area contributed by atoms with Crippen molar-refractivity contribution >= 4 is 11.0 Å². The summed E-state index contributed by atoms with van der Waals surface area (Å²) < 4.78 is 16.8. The molecule has 30 heavy (non-hydrogen) atoms. The summed E-state index contributed by atoms with van der Waals surface area (Å²) in [6.07, 6.45) is -0.718. The smallest absolute Gasteiger partial charge is 0.239 e. The van der Waals surface area contributed by atoms with Gasteiger partial charge in [0, 0.05) is 23.6 Å². The van der Waals surface area contributed by atoms with E-state index in [4.69, 9.17) is 13.9 Å². The molecular formula is C23H26O7. The molecule has 0 saturated heterocycles. The summed E-state index contributed by atoms with van der Waals surface area (Å²) in [5.74, 6) is 0.0161. The number of methoxy groups -OCH3 is 1. The predicted molar refractivity (Wildman–Crippen MR) is 114 cm³/mol. The number of phenolic OH excluding ortho intramolecular Hbond substituents is 2. The molecule has 1 unspecified atom stereocenters. The molecule has 0 amide bonds. The van der Waals surface area contributed by atoms with Gasteiger partial charge in [-0.05, 0) is 37.1 Å². The van der Waals surface area contributed by atoms with Gasteiger partial charge in [-0.15, -0.1) is 0 Å². The van der Waals surface area contributed by atoms with Crippen LogP contribution in [0.1, 0.15) is 26.3 Å². The van der Waals surface area contributed by atoms with Crippen LogP contribution in [-0.4, -0.2) is 35.1 Å². The first-order valence-corrected chi connectivity index (χ1v) is 9.78. The van der Waals surface area contributed by atoms with Gasteiger partial charge in [-0.3, -0.25) is 4.79 Å². The van der Waals surface area contributed by atoms with E-state index in [1.807, 2.05) is 13.8 Å². The van der Waals surface area contributed by atoms with Gasteiger partial charge in [0.15, 0.2) is 5.76 Å². The Labute approximate surface area is 174 Å². The summed E-state index contributed by atoms with van der Waals surface area (Å²) in [5.41, 5.74) is 0.281. The Kier molecular flexibility index (Phi) is 6.22. The van der Waals surface area contributed by atoms with Crippen LogP contribution in [0.4, 0.5) is 0 Å². The first-order chi connectivity index (χ1) is 14.3. The second-order valence-electron chi connectivity index (χ2n) is 7.36. The first-order valence-electron chi connectivity index (χ1n) is 9.78. The van der Waals surface area contributed by atoms with Crippen LogP contribution in [0.2, 0.25) is 0 Å².